The Balaban J connectivity index is 1.77. The van der Waals surface area contributed by atoms with Crippen molar-refractivity contribution in [3.8, 4) is 0 Å². The van der Waals surface area contributed by atoms with Crippen LogP contribution < -0.4 is 5.32 Å². The van der Waals surface area contributed by atoms with Gasteiger partial charge in [0.05, 0.1) is 19.8 Å². The van der Waals surface area contributed by atoms with Gasteiger partial charge in [-0.15, -0.1) is 0 Å². The summed E-state index contributed by atoms with van der Waals surface area (Å²) >= 11 is 0. The number of hydrogen-bond donors (Lipinski definition) is 11. The molecule has 0 bridgehead atoms. The third kappa shape index (κ3) is 6.38. The maximum absolute atomic E-state index is 11.6. The Morgan fingerprint density at radius 1 is 0.649 bits per heavy atom. The first-order chi connectivity index (χ1) is 17.4. The number of aliphatic hydroxyl groups is 10. The molecule has 0 aromatic heterocycles. The first kappa shape index (κ1) is 30.4. The molecule has 0 aliphatic carbocycles. The van der Waals surface area contributed by atoms with Crippen LogP contribution in [0.4, 0.5) is 0 Å². The lowest BCUT2D eigenvalue weighted by atomic mass is 9.95. The highest BCUT2D eigenvalue weighted by Gasteiger charge is 2.53. The second kappa shape index (κ2) is 12.8. The highest BCUT2D eigenvalue weighted by Crippen LogP contribution is 2.32. The van der Waals surface area contributed by atoms with Gasteiger partial charge in [0.2, 0.25) is 5.91 Å². The van der Waals surface area contributed by atoms with Crippen LogP contribution in [0.15, 0.2) is 0 Å². The van der Waals surface area contributed by atoms with Crippen molar-refractivity contribution in [2.75, 3.05) is 19.8 Å². The Morgan fingerprint density at radius 3 is 1.68 bits per heavy atom. The lowest BCUT2D eigenvalue weighted by Gasteiger charge is -2.48. The molecular weight excluding hydrogens is 510 g/mol. The lowest BCUT2D eigenvalue weighted by Crippen LogP contribution is -2.68. The predicted molar refractivity (Wildman–Crippen MR) is 113 cm³/mol. The van der Waals surface area contributed by atoms with E-state index in [1.807, 2.05) is 0 Å². The first-order valence-electron chi connectivity index (χ1n) is 11.6. The molecule has 0 aromatic rings. The van der Waals surface area contributed by atoms with Gasteiger partial charge in [0, 0.05) is 6.92 Å². The number of hydrogen-bond acceptors (Lipinski definition) is 16. The minimum Gasteiger partial charge on any atom is -0.394 e. The van der Waals surface area contributed by atoms with Gasteiger partial charge in [-0.25, -0.2) is 0 Å². The number of aliphatic hydroxyl groups excluding tert-OH is 10. The molecule has 0 radical (unpaired) electrons. The van der Waals surface area contributed by atoms with Crippen molar-refractivity contribution in [3.63, 3.8) is 0 Å². The highest BCUT2D eigenvalue weighted by atomic mass is 16.7. The summed E-state index contributed by atoms with van der Waals surface area (Å²) in [5.74, 6) is -0.637. The van der Waals surface area contributed by atoms with Gasteiger partial charge in [-0.2, -0.15) is 0 Å². The molecule has 17 heteroatoms. The van der Waals surface area contributed by atoms with Crippen LogP contribution >= 0.6 is 0 Å². The fraction of sp³-hybridized carbons (Fsp3) is 0.950. The van der Waals surface area contributed by atoms with Crippen molar-refractivity contribution >= 4 is 5.91 Å². The van der Waals surface area contributed by atoms with Crippen molar-refractivity contribution < 1.29 is 79.5 Å². The van der Waals surface area contributed by atoms with Gasteiger partial charge in [-0.1, -0.05) is 0 Å². The molecule has 0 aromatic carbocycles. The molecule has 3 heterocycles. The van der Waals surface area contributed by atoms with Gasteiger partial charge in [0.1, 0.15) is 73.2 Å². The number of rotatable bonds is 8. The fourth-order valence-corrected chi connectivity index (χ4v) is 4.46. The Morgan fingerprint density at radius 2 is 1.14 bits per heavy atom. The molecule has 216 valence electrons. The highest BCUT2D eigenvalue weighted by molar-refractivity contribution is 5.73. The van der Waals surface area contributed by atoms with E-state index in [2.05, 4.69) is 5.32 Å². The van der Waals surface area contributed by atoms with E-state index in [1.165, 1.54) is 0 Å². The molecule has 0 saturated carbocycles. The summed E-state index contributed by atoms with van der Waals surface area (Å²) in [6.07, 6.45) is -23.1. The van der Waals surface area contributed by atoms with Crippen LogP contribution in [0.3, 0.4) is 0 Å². The minimum absolute atomic E-state index is 0.637. The van der Waals surface area contributed by atoms with Crippen LogP contribution in [-0.4, -0.2) is 169 Å². The minimum atomic E-state index is -1.92. The van der Waals surface area contributed by atoms with Crippen molar-refractivity contribution in [2.45, 2.75) is 99.0 Å². The summed E-state index contributed by atoms with van der Waals surface area (Å²) in [5, 5.41) is 103. The summed E-state index contributed by atoms with van der Waals surface area (Å²) in [6.45, 7) is -1.21. The van der Waals surface area contributed by atoms with Gasteiger partial charge in [0.25, 0.3) is 0 Å². The molecular formula is C20H35NO16. The summed E-state index contributed by atoms with van der Waals surface area (Å²) in [6, 6.07) is -1.39. The molecule has 1 amide bonds. The van der Waals surface area contributed by atoms with Crippen LogP contribution in [-0.2, 0) is 28.5 Å². The molecule has 1 unspecified atom stereocenters. The normalized spacial score (nSPS) is 49.0. The molecule has 3 rings (SSSR count). The number of ether oxygens (including phenoxy) is 5. The summed E-state index contributed by atoms with van der Waals surface area (Å²) < 4.78 is 27.0. The van der Waals surface area contributed by atoms with Crippen molar-refractivity contribution in [1.82, 2.24) is 5.32 Å². The molecule has 3 aliphatic rings. The van der Waals surface area contributed by atoms with Crippen LogP contribution in [0.25, 0.3) is 0 Å². The number of carbonyl (C=O) groups is 1. The van der Waals surface area contributed by atoms with E-state index in [0.29, 0.717) is 0 Å². The van der Waals surface area contributed by atoms with Gasteiger partial charge in [-0.3, -0.25) is 4.79 Å². The van der Waals surface area contributed by atoms with Crippen LogP contribution in [0.5, 0.6) is 0 Å². The third-order valence-corrected chi connectivity index (χ3v) is 6.49. The van der Waals surface area contributed by atoms with Gasteiger partial charge in [-0.05, 0) is 0 Å². The van der Waals surface area contributed by atoms with E-state index in [9.17, 15) is 55.9 Å². The zero-order chi connectivity index (χ0) is 27.6. The van der Waals surface area contributed by atoms with E-state index in [1.54, 1.807) is 0 Å². The van der Waals surface area contributed by atoms with Gasteiger partial charge >= 0.3 is 0 Å². The molecule has 3 fully saturated rings. The van der Waals surface area contributed by atoms with Crippen LogP contribution in [0, 0.1) is 0 Å². The monoisotopic (exact) mass is 545 g/mol. The van der Waals surface area contributed by atoms with E-state index in [-0.39, 0.29) is 0 Å². The second-order valence-corrected chi connectivity index (χ2v) is 9.07. The zero-order valence-corrected chi connectivity index (χ0v) is 19.7. The first-order valence-corrected chi connectivity index (χ1v) is 11.6. The van der Waals surface area contributed by atoms with Crippen molar-refractivity contribution in [2.24, 2.45) is 0 Å². The van der Waals surface area contributed by atoms with E-state index in [0.717, 1.165) is 6.92 Å². The van der Waals surface area contributed by atoms with Gasteiger partial charge < -0.3 is 80.1 Å². The summed E-state index contributed by atoms with van der Waals surface area (Å²) in [5.41, 5.74) is 0. The Bertz CT molecular complexity index is 743. The summed E-state index contributed by atoms with van der Waals surface area (Å²) in [7, 11) is 0. The lowest BCUT2D eigenvalue weighted by molar-refractivity contribution is -0.372. The van der Waals surface area contributed by atoms with E-state index < -0.39 is 118 Å². The molecule has 17 nitrogen and oxygen atoms in total. The van der Waals surface area contributed by atoms with Gasteiger partial charge in [0.15, 0.2) is 18.9 Å². The second-order valence-electron chi connectivity index (χ2n) is 9.07. The molecule has 3 aliphatic heterocycles. The SMILES string of the molecule is CC(=O)N[C@H]1[C@H](O[C@@H]2[C@H](O)[C@@H](O)[C@H](O[C@H]3[C@H](O)[C@@H](O)C(O)O[C@@H]3CO)O[C@@H]2CO)O[C@H](CO)[C@@H](O)[C@@H]1O. The van der Waals surface area contributed by atoms with Crippen LogP contribution in [0.2, 0.25) is 0 Å². The third-order valence-electron chi connectivity index (χ3n) is 6.49. The van der Waals surface area contributed by atoms with Crippen molar-refractivity contribution in [3.05, 3.63) is 0 Å². The van der Waals surface area contributed by atoms with E-state index >= 15 is 0 Å². The number of amides is 1. The maximum atomic E-state index is 11.6. The number of carbonyl (C=O) groups excluding carboxylic acids is 1. The average Bonchev–Trinajstić information content (AvgIpc) is 2.87. The molecule has 3 saturated heterocycles. The van der Waals surface area contributed by atoms with Crippen LogP contribution in [0.1, 0.15) is 6.92 Å². The topological polar surface area (TPSA) is 278 Å². The smallest absolute Gasteiger partial charge is 0.217 e. The Hall–Kier alpha value is -1.13. The zero-order valence-electron chi connectivity index (χ0n) is 19.7. The van der Waals surface area contributed by atoms with Crippen molar-refractivity contribution in [1.29, 1.82) is 0 Å². The molecule has 15 atom stereocenters. The number of nitrogens with one attached hydrogen (secondary N) is 1. The fourth-order valence-electron chi connectivity index (χ4n) is 4.46. The largest absolute Gasteiger partial charge is 0.394 e. The molecule has 37 heavy (non-hydrogen) atoms. The standard InChI is InChI=1S/C20H35NO16/c1-5(25)21-9-11(27)10(26)6(2-22)34-19(9)36-17-8(4-24)35-20(15(31)13(17)29)37-16-7(3-23)33-18(32)14(30)12(16)28/h6-20,22-24,26-32H,2-4H2,1H3,(H,21,25)/t6-,7-,8-,9-,10-,11-,12-,13-,14-,15-,16-,17+,18?,19+,20+/m1/s1. The summed E-state index contributed by atoms with van der Waals surface area (Å²) in [4.78, 5) is 11.6. The average molecular weight is 545 g/mol. The maximum Gasteiger partial charge on any atom is 0.217 e. The van der Waals surface area contributed by atoms with E-state index in [4.69, 9.17) is 23.7 Å². The Kier molecular flexibility index (Phi) is 10.5. The molecule has 0 spiro atoms. The Labute approximate surface area is 210 Å². The predicted octanol–water partition coefficient (Wildman–Crippen LogP) is -7.43. The quantitative estimate of drug-likeness (QED) is 0.135. The molecule has 11 N–H and O–H groups in total.